The fourth-order valence-corrected chi connectivity index (χ4v) is 2.09. The molecule has 0 amide bonds. The van der Waals surface area contributed by atoms with Crippen LogP contribution in [0.4, 0.5) is 0 Å². The van der Waals surface area contributed by atoms with Gasteiger partial charge in [-0.15, -0.1) is 0 Å². The molecule has 0 radical (unpaired) electrons. The van der Waals surface area contributed by atoms with E-state index >= 15 is 0 Å². The van der Waals surface area contributed by atoms with E-state index in [2.05, 4.69) is 45.1 Å². The molecule has 2 nitrogen and oxygen atoms in total. The van der Waals surface area contributed by atoms with Crippen LogP contribution in [0, 0.1) is 20.8 Å². The Morgan fingerprint density at radius 2 is 1.76 bits per heavy atom. The van der Waals surface area contributed by atoms with Gasteiger partial charge in [0.1, 0.15) is 0 Å². The summed E-state index contributed by atoms with van der Waals surface area (Å²) >= 11 is 0. The minimum Gasteiger partial charge on any atom is -0.385 e. The zero-order chi connectivity index (χ0) is 12.8. The molecule has 1 N–H and O–H groups in total. The molecule has 0 saturated carbocycles. The highest BCUT2D eigenvalue weighted by Crippen LogP contribution is 2.21. The van der Waals surface area contributed by atoms with Crippen molar-refractivity contribution in [3.63, 3.8) is 0 Å². The number of hydrogen-bond acceptors (Lipinski definition) is 2. The van der Waals surface area contributed by atoms with Gasteiger partial charge in [-0.05, 0) is 62.9 Å². The van der Waals surface area contributed by atoms with Crippen molar-refractivity contribution >= 4 is 0 Å². The van der Waals surface area contributed by atoms with Crippen molar-refractivity contribution in [2.24, 2.45) is 0 Å². The maximum absolute atomic E-state index is 5.05. The lowest BCUT2D eigenvalue weighted by atomic mass is 9.96. The van der Waals surface area contributed by atoms with Crippen LogP contribution in [0.3, 0.4) is 0 Å². The second-order valence-electron chi connectivity index (χ2n) is 4.82. The number of hydrogen-bond donors (Lipinski definition) is 1. The van der Waals surface area contributed by atoms with Crippen molar-refractivity contribution in [1.29, 1.82) is 0 Å². The summed E-state index contributed by atoms with van der Waals surface area (Å²) in [7, 11) is 1.75. The molecule has 0 aromatic heterocycles. The molecule has 0 aliphatic carbocycles. The molecule has 0 aliphatic heterocycles. The molecule has 1 atom stereocenters. The number of ether oxygens (including phenoxy) is 1. The summed E-state index contributed by atoms with van der Waals surface area (Å²) in [5.74, 6) is 0. The molecule has 17 heavy (non-hydrogen) atoms. The zero-order valence-corrected chi connectivity index (χ0v) is 11.8. The van der Waals surface area contributed by atoms with Crippen molar-refractivity contribution in [3.8, 4) is 0 Å². The maximum atomic E-state index is 5.05. The largest absolute Gasteiger partial charge is 0.385 e. The van der Waals surface area contributed by atoms with Crippen LogP contribution in [0.1, 0.15) is 41.6 Å². The van der Waals surface area contributed by atoms with E-state index in [1.165, 1.54) is 22.3 Å². The minimum absolute atomic E-state index is 0.408. The number of methoxy groups -OCH3 is 1. The lowest BCUT2D eigenvalue weighted by Gasteiger charge is -2.18. The van der Waals surface area contributed by atoms with Gasteiger partial charge in [-0.25, -0.2) is 0 Å². The molecule has 2 heteroatoms. The maximum Gasteiger partial charge on any atom is 0.0474 e. The van der Waals surface area contributed by atoms with Crippen molar-refractivity contribution in [3.05, 3.63) is 34.4 Å². The van der Waals surface area contributed by atoms with Gasteiger partial charge in [0.2, 0.25) is 0 Å². The van der Waals surface area contributed by atoms with Gasteiger partial charge in [0, 0.05) is 19.8 Å². The van der Waals surface area contributed by atoms with Gasteiger partial charge in [-0.3, -0.25) is 0 Å². The Balaban J connectivity index is 2.62. The molecule has 96 valence electrons. The third kappa shape index (κ3) is 4.14. The van der Waals surface area contributed by atoms with E-state index in [-0.39, 0.29) is 0 Å². The van der Waals surface area contributed by atoms with E-state index in [0.29, 0.717) is 6.04 Å². The highest BCUT2D eigenvalue weighted by atomic mass is 16.5. The average molecular weight is 235 g/mol. The first-order valence-corrected chi connectivity index (χ1v) is 6.36. The lowest BCUT2D eigenvalue weighted by molar-refractivity contribution is 0.193. The molecule has 0 fully saturated rings. The molecule has 1 aromatic carbocycles. The molecular formula is C15H25NO. The Bertz CT molecular complexity index is 360. The van der Waals surface area contributed by atoms with Crippen LogP contribution in [-0.2, 0) is 4.74 Å². The molecule has 0 aliphatic rings. The first-order valence-electron chi connectivity index (χ1n) is 6.36. The van der Waals surface area contributed by atoms with E-state index in [0.717, 1.165) is 19.6 Å². The number of nitrogens with one attached hydrogen (secondary N) is 1. The highest BCUT2D eigenvalue weighted by molar-refractivity contribution is 5.37. The van der Waals surface area contributed by atoms with Gasteiger partial charge in [-0.1, -0.05) is 12.1 Å². The van der Waals surface area contributed by atoms with E-state index < -0.39 is 0 Å². The van der Waals surface area contributed by atoms with Crippen LogP contribution in [0.15, 0.2) is 12.1 Å². The Labute approximate surface area is 105 Å². The highest BCUT2D eigenvalue weighted by Gasteiger charge is 2.09. The Morgan fingerprint density at radius 1 is 1.12 bits per heavy atom. The molecule has 1 rings (SSSR count). The third-order valence-electron chi connectivity index (χ3n) is 3.32. The fraction of sp³-hybridized carbons (Fsp3) is 0.600. The zero-order valence-electron chi connectivity index (χ0n) is 11.8. The minimum atomic E-state index is 0.408. The molecular weight excluding hydrogens is 210 g/mol. The summed E-state index contributed by atoms with van der Waals surface area (Å²) in [6.45, 7) is 10.6. The number of benzene rings is 1. The van der Waals surface area contributed by atoms with Crippen molar-refractivity contribution < 1.29 is 4.74 Å². The van der Waals surface area contributed by atoms with Crippen LogP contribution < -0.4 is 5.32 Å². The average Bonchev–Trinajstić information content (AvgIpc) is 2.29. The Morgan fingerprint density at radius 3 is 2.41 bits per heavy atom. The first-order chi connectivity index (χ1) is 8.06. The summed E-state index contributed by atoms with van der Waals surface area (Å²) in [4.78, 5) is 0. The van der Waals surface area contributed by atoms with E-state index in [4.69, 9.17) is 4.74 Å². The summed E-state index contributed by atoms with van der Waals surface area (Å²) in [6.07, 6.45) is 1.06. The fourth-order valence-electron chi connectivity index (χ4n) is 2.09. The van der Waals surface area contributed by atoms with Gasteiger partial charge in [0.25, 0.3) is 0 Å². The quantitative estimate of drug-likeness (QED) is 0.764. The van der Waals surface area contributed by atoms with Gasteiger partial charge in [0.15, 0.2) is 0 Å². The van der Waals surface area contributed by atoms with Crippen LogP contribution in [0.5, 0.6) is 0 Å². The summed E-state index contributed by atoms with van der Waals surface area (Å²) in [5, 5.41) is 3.54. The summed E-state index contributed by atoms with van der Waals surface area (Å²) in [6, 6.07) is 4.99. The molecule has 1 aromatic rings. The van der Waals surface area contributed by atoms with Crippen LogP contribution in [0.2, 0.25) is 0 Å². The van der Waals surface area contributed by atoms with Crippen LogP contribution in [0.25, 0.3) is 0 Å². The number of rotatable bonds is 6. The second kappa shape index (κ2) is 6.77. The second-order valence-corrected chi connectivity index (χ2v) is 4.82. The van der Waals surface area contributed by atoms with Crippen LogP contribution >= 0.6 is 0 Å². The van der Waals surface area contributed by atoms with Crippen LogP contribution in [-0.4, -0.2) is 20.3 Å². The smallest absolute Gasteiger partial charge is 0.0474 e. The van der Waals surface area contributed by atoms with Crippen molar-refractivity contribution in [2.45, 2.75) is 40.2 Å². The normalized spacial score (nSPS) is 12.8. The topological polar surface area (TPSA) is 21.3 Å². The monoisotopic (exact) mass is 235 g/mol. The van der Waals surface area contributed by atoms with E-state index in [1.54, 1.807) is 7.11 Å². The number of aryl methyl sites for hydroxylation is 3. The van der Waals surface area contributed by atoms with Gasteiger partial charge < -0.3 is 10.1 Å². The van der Waals surface area contributed by atoms with Crippen molar-refractivity contribution in [1.82, 2.24) is 5.32 Å². The van der Waals surface area contributed by atoms with Gasteiger partial charge >= 0.3 is 0 Å². The molecule has 1 unspecified atom stereocenters. The van der Waals surface area contributed by atoms with Gasteiger partial charge in [0.05, 0.1) is 0 Å². The summed E-state index contributed by atoms with van der Waals surface area (Å²) in [5.41, 5.74) is 5.53. The van der Waals surface area contributed by atoms with Gasteiger partial charge in [-0.2, -0.15) is 0 Å². The third-order valence-corrected chi connectivity index (χ3v) is 3.32. The Hall–Kier alpha value is -0.860. The predicted octanol–water partition coefficient (Wildman–Crippen LogP) is 3.30. The lowest BCUT2D eigenvalue weighted by Crippen LogP contribution is -2.21. The van der Waals surface area contributed by atoms with E-state index in [1.807, 2.05) is 0 Å². The standard InChI is InChI=1S/C15H25NO/c1-11-9-13(3)15(10-12(11)2)14(4)16-7-6-8-17-5/h9-10,14,16H,6-8H2,1-5H3. The molecule has 0 heterocycles. The molecule has 0 bridgehead atoms. The summed E-state index contributed by atoms with van der Waals surface area (Å²) < 4.78 is 5.05. The molecule has 0 spiro atoms. The molecule has 0 saturated heterocycles. The van der Waals surface area contributed by atoms with E-state index in [9.17, 15) is 0 Å². The van der Waals surface area contributed by atoms with Crippen molar-refractivity contribution in [2.75, 3.05) is 20.3 Å². The predicted molar refractivity (Wildman–Crippen MR) is 73.6 cm³/mol. The SMILES string of the molecule is COCCCNC(C)c1cc(C)c(C)cc1C. The first kappa shape index (κ1) is 14.2. The Kier molecular flexibility index (Phi) is 5.66.